The molecule has 0 aromatic heterocycles. The van der Waals surface area contributed by atoms with Gasteiger partial charge in [-0.2, -0.15) is 8.42 Å². The number of sulfonamides is 1. The second-order valence-corrected chi connectivity index (χ2v) is 13.0. The van der Waals surface area contributed by atoms with Crippen molar-refractivity contribution in [2.24, 2.45) is 11.8 Å². The molecule has 1 aromatic rings. The Morgan fingerprint density at radius 1 is 1.03 bits per heavy atom. The number of amides is 2. The maximum absolute atomic E-state index is 13.3. The van der Waals surface area contributed by atoms with Gasteiger partial charge in [0.2, 0.25) is 27.3 Å². The van der Waals surface area contributed by atoms with Crippen molar-refractivity contribution in [1.82, 2.24) is 15.4 Å². The molecular formula is C23H35N3O8S2. The zero-order valence-corrected chi connectivity index (χ0v) is 21.6. The van der Waals surface area contributed by atoms with Crippen molar-refractivity contribution in [3.05, 3.63) is 35.9 Å². The molecule has 0 radical (unpaired) electrons. The van der Waals surface area contributed by atoms with Gasteiger partial charge < -0.3 is 15.7 Å². The summed E-state index contributed by atoms with van der Waals surface area (Å²) in [6.07, 6.45) is 5.03. The van der Waals surface area contributed by atoms with Crippen molar-refractivity contribution < 1.29 is 36.1 Å². The van der Waals surface area contributed by atoms with Crippen molar-refractivity contribution in [2.45, 2.75) is 74.6 Å². The topological polar surface area (TPSA) is 179 Å². The Bertz CT molecular complexity index is 1110. The third-order valence-corrected chi connectivity index (χ3v) is 9.11. The minimum absolute atomic E-state index is 0.0967. The molecule has 2 amide bonds. The molecule has 0 bridgehead atoms. The van der Waals surface area contributed by atoms with Gasteiger partial charge >= 0.3 is 0 Å². The molecule has 1 aliphatic heterocycles. The Kier molecular flexibility index (Phi) is 9.86. The van der Waals surface area contributed by atoms with E-state index in [9.17, 15) is 36.1 Å². The Morgan fingerprint density at radius 3 is 2.28 bits per heavy atom. The van der Waals surface area contributed by atoms with Crippen LogP contribution < -0.4 is 15.4 Å². The third-order valence-electron chi connectivity index (χ3n) is 6.81. The lowest BCUT2D eigenvalue weighted by atomic mass is 9.85. The average molecular weight is 546 g/mol. The van der Waals surface area contributed by atoms with Gasteiger partial charge in [-0.15, -0.1) is 0 Å². The van der Waals surface area contributed by atoms with E-state index in [0.29, 0.717) is 18.5 Å². The lowest BCUT2D eigenvalue weighted by molar-refractivity contribution is -0.126. The highest BCUT2D eigenvalue weighted by molar-refractivity contribution is 7.88. The summed E-state index contributed by atoms with van der Waals surface area (Å²) in [6.45, 7) is 0.371. The van der Waals surface area contributed by atoms with Gasteiger partial charge in [-0.05, 0) is 30.7 Å². The molecule has 1 heterocycles. The number of rotatable bonds is 12. The smallest absolute Gasteiger partial charge is 0.294 e. The van der Waals surface area contributed by atoms with Crippen LogP contribution in [0, 0.1) is 11.8 Å². The highest BCUT2D eigenvalue weighted by atomic mass is 32.2. The standard InChI is InChI=1S/C23H35N3O8S2/c27-21-18(11-12-24-21)14-20(23(29)36(32,33)34)25-22(28)19(13-16-7-3-1-4-8-16)26-35(30,31)15-17-9-5-2-6-10-17/h2,5-6,9-10,16,18-20,23,26,29H,1,3-4,7-8,11-15H2,(H,24,27)(H,25,28)(H,32,33,34)/t18-,19-,20-,23?/m0/s1. The van der Waals surface area contributed by atoms with E-state index in [1.165, 1.54) is 0 Å². The second kappa shape index (κ2) is 12.5. The molecule has 0 spiro atoms. The summed E-state index contributed by atoms with van der Waals surface area (Å²) in [4.78, 5) is 25.3. The predicted molar refractivity (Wildman–Crippen MR) is 132 cm³/mol. The molecule has 5 N–H and O–H groups in total. The Morgan fingerprint density at radius 2 is 1.69 bits per heavy atom. The summed E-state index contributed by atoms with van der Waals surface area (Å²) in [5.74, 6) is -2.08. The van der Waals surface area contributed by atoms with Crippen LogP contribution in [0.3, 0.4) is 0 Å². The number of benzene rings is 1. The van der Waals surface area contributed by atoms with E-state index >= 15 is 0 Å². The van der Waals surface area contributed by atoms with E-state index in [4.69, 9.17) is 0 Å². The van der Waals surface area contributed by atoms with Crippen molar-refractivity contribution in [1.29, 1.82) is 0 Å². The highest BCUT2D eigenvalue weighted by Crippen LogP contribution is 2.28. The van der Waals surface area contributed by atoms with Crippen LogP contribution in [0.5, 0.6) is 0 Å². The lowest BCUT2D eigenvalue weighted by Gasteiger charge is -2.29. The summed E-state index contributed by atoms with van der Waals surface area (Å²) in [6, 6.07) is 5.76. The van der Waals surface area contributed by atoms with E-state index < -0.39 is 49.5 Å². The SMILES string of the molecule is O=C1NCC[C@H]1C[C@H](NC(=O)[C@H](CC1CCCCC1)NS(=O)(=O)Cc1ccccc1)C(O)S(=O)(=O)O. The molecule has 1 saturated heterocycles. The first-order valence-corrected chi connectivity index (χ1v) is 15.4. The first-order chi connectivity index (χ1) is 16.9. The fraction of sp³-hybridized carbons (Fsp3) is 0.652. The largest absolute Gasteiger partial charge is 0.374 e. The number of hydrogen-bond acceptors (Lipinski definition) is 7. The van der Waals surface area contributed by atoms with Crippen molar-refractivity contribution in [3.8, 4) is 0 Å². The average Bonchev–Trinajstić information content (AvgIpc) is 3.22. The molecule has 1 unspecified atom stereocenters. The van der Waals surface area contributed by atoms with Gasteiger partial charge in [-0.1, -0.05) is 62.4 Å². The van der Waals surface area contributed by atoms with Gasteiger partial charge in [0.05, 0.1) is 11.8 Å². The number of hydrogen-bond donors (Lipinski definition) is 5. The zero-order valence-electron chi connectivity index (χ0n) is 20.0. The van der Waals surface area contributed by atoms with Gasteiger partial charge in [0.25, 0.3) is 10.1 Å². The molecular weight excluding hydrogens is 510 g/mol. The van der Waals surface area contributed by atoms with Crippen molar-refractivity contribution >= 4 is 32.0 Å². The summed E-state index contributed by atoms with van der Waals surface area (Å²) >= 11 is 0. The third kappa shape index (κ3) is 8.51. The Labute approximate surface area is 212 Å². The quantitative estimate of drug-likeness (QED) is 0.238. The van der Waals surface area contributed by atoms with E-state index in [1.807, 2.05) is 0 Å². The van der Waals surface area contributed by atoms with E-state index in [-0.39, 0.29) is 30.4 Å². The van der Waals surface area contributed by atoms with E-state index in [1.54, 1.807) is 30.3 Å². The fourth-order valence-corrected chi connectivity index (χ4v) is 6.88. The number of carbonyl (C=O) groups excluding carboxylic acids is 2. The summed E-state index contributed by atoms with van der Waals surface area (Å²) in [5, 5.41) is 15.3. The lowest BCUT2D eigenvalue weighted by Crippen LogP contribution is -2.55. The molecule has 4 atom stereocenters. The summed E-state index contributed by atoms with van der Waals surface area (Å²) in [5.41, 5.74) is -1.83. The van der Waals surface area contributed by atoms with Crippen LogP contribution in [0.2, 0.25) is 0 Å². The maximum atomic E-state index is 13.3. The Balaban J connectivity index is 1.79. The summed E-state index contributed by atoms with van der Waals surface area (Å²) < 4.78 is 61.1. The van der Waals surface area contributed by atoms with Crippen LogP contribution in [-0.4, -0.2) is 62.4 Å². The molecule has 11 nitrogen and oxygen atoms in total. The zero-order chi connectivity index (χ0) is 26.3. The van der Waals surface area contributed by atoms with Gasteiger partial charge in [0, 0.05) is 12.5 Å². The van der Waals surface area contributed by atoms with Crippen LogP contribution in [0.25, 0.3) is 0 Å². The Hall–Kier alpha value is -2.06. The minimum atomic E-state index is -4.97. The number of carbonyl (C=O) groups is 2. The van der Waals surface area contributed by atoms with Crippen molar-refractivity contribution in [2.75, 3.05) is 6.54 Å². The van der Waals surface area contributed by atoms with Crippen molar-refractivity contribution in [3.63, 3.8) is 0 Å². The molecule has 2 fully saturated rings. The maximum Gasteiger partial charge on any atom is 0.294 e. The van der Waals surface area contributed by atoms with Crippen LogP contribution >= 0.6 is 0 Å². The van der Waals surface area contributed by atoms with Crippen LogP contribution in [0.15, 0.2) is 30.3 Å². The van der Waals surface area contributed by atoms with Gasteiger partial charge in [-0.25, -0.2) is 13.1 Å². The van der Waals surface area contributed by atoms with E-state index in [2.05, 4.69) is 15.4 Å². The molecule has 13 heteroatoms. The van der Waals surface area contributed by atoms with Crippen LogP contribution in [0.1, 0.15) is 56.9 Å². The second-order valence-electron chi connectivity index (χ2n) is 9.69. The minimum Gasteiger partial charge on any atom is -0.374 e. The van der Waals surface area contributed by atoms with E-state index in [0.717, 1.165) is 32.1 Å². The first-order valence-electron chi connectivity index (χ1n) is 12.2. The van der Waals surface area contributed by atoms with Gasteiger partial charge in [0.15, 0.2) is 0 Å². The van der Waals surface area contributed by atoms with Crippen LogP contribution in [0.4, 0.5) is 0 Å². The fourth-order valence-electron chi connectivity index (χ4n) is 4.93. The molecule has 36 heavy (non-hydrogen) atoms. The highest BCUT2D eigenvalue weighted by Gasteiger charge is 2.38. The monoisotopic (exact) mass is 545 g/mol. The van der Waals surface area contributed by atoms with Gasteiger partial charge in [0.1, 0.15) is 6.04 Å². The molecule has 1 saturated carbocycles. The number of nitrogens with one attached hydrogen (secondary N) is 3. The predicted octanol–water partition coefficient (Wildman–Crippen LogP) is 0.662. The molecule has 2 aliphatic rings. The number of aliphatic hydroxyl groups excluding tert-OH is 1. The molecule has 3 rings (SSSR count). The summed E-state index contributed by atoms with van der Waals surface area (Å²) in [7, 11) is -8.92. The molecule has 202 valence electrons. The first kappa shape index (κ1) is 28.5. The molecule has 1 aromatic carbocycles. The number of aliphatic hydroxyl groups is 1. The molecule has 1 aliphatic carbocycles. The van der Waals surface area contributed by atoms with Gasteiger partial charge in [-0.3, -0.25) is 14.1 Å². The normalized spacial score (nSPS) is 21.9. The van der Waals surface area contributed by atoms with Crippen LogP contribution in [-0.2, 0) is 35.5 Å².